The quantitative estimate of drug-likeness (QED) is 0.807. The maximum Gasteiger partial charge on any atom is 0.415 e. The first-order valence-corrected chi connectivity index (χ1v) is 9.77. The van der Waals surface area contributed by atoms with E-state index in [9.17, 15) is 9.18 Å². The van der Waals surface area contributed by atoms with Crippen molar-refractivity contribution in [3.8, 4) is 0 Å². The lowest BCUT2D eigenvalue weighted by Gasteiger charge is -2.22. The Bertz CT molecular complexity index is 794. The lowest BCUT2D eigenvalue weighted by molar-refractivity contribution is 0.123. The minimum absolute atomic E-state index is 0.141. The number of ether oxygens (including phenoxy) is 1. The van der Waals surface area contributed by atoms with Gasteiger partial charge in [0.05, 0.1) is 12.7 Å². The van der Waals surface area contributed by atoms with E-state index in [4.69, 9.17) is 4.74 Å². The molecule has 2 aliphatic heterocycles. The number of aromatic nitrogens is 1. The van der Waals surface area contributed by atoms with Crippen LogP contribution in [0, 0.1) is 18.7 Å². The lowest BCUT2D eigenvalue weighted by Crippen LogP contribution is -2.31. The first-order valence-electron chi connectivity index (χ1n) is 9.77. The molecule has 1 saturated heterocycles. The Hall–Kier alpha value is -2.48. The highest BCUT2D eigenvalue weighted by Crippen LogP contribution is 2.30. The van der Waals surface area contributed by atoms with Gasteiger partial charge in [-0.3, -0.25) is 9.88 Å². The maximum absolute atomic E-state index is 14.0. The Morgan fingerprint density at radius 1 is 1.39 bits per heavy atom. The zero-order chi connectivity index (χ0) is 19.7. The van der Waals surface area contributed by atoms with Crippen molar-refractivity contribution in [2.45, 2.75) is 32.3 Å². The van der Waals surface area contributed by atoms with Crippen molar-refractivity contribution in [2.24, 2.45) is 10.9 Å². The van der Waals surface area contributed by atoms with Crippen molar-refractivity contribution in [1.29, 1.82) is 0 Å². The summed E-state index contributed by atoms with van der Waals surface area (Å²) in [5.74, 6) is 0.813. The van der Waals surface area contributed by atoms with E-state index in [1.165, 1.54) is 6.20 Å². The van der Waals surface area contributed by atoms with E-state index in [1.54, 1.807) is 17.3 Å². The van der Waals surface area contributed by atoms with Gasteiger partial charge in [-0.25, -0.2) is 14.2 Å². The molecule has 4 rings (SSSR count). The number of carbonyl (C=O) groups is 1. The summed E-state index contributed by atoms with van der Waals surface area (Å²) < 4.78 is 19.5. The number of nitrogens with zero attached hydrogens (tertiary/aromatic N) is 4. The second-order valence-corrected chi connectivity index (χ2v) is 7.81. The van der Waals surface area contributed by atoms with Gasteiger partial charge < -0.3 is 15.0 Å². The normalized spacial score (nSPS) is 23.6. The topological polar surface area (TPSA) is 70.1 Å². The molecule has 1 aromatic rings. The highest BCUT2D eigenvalue weighted by atomic mass is 19.1. The lowest BCUT2D eigenvalue weighted by atomic mass is 10.1. The van der Waals surface area contributed by atoms with E-state index >= 15 is 0 Å². The number of pyridine rings is 1. The van der Waals surface area contributed by atoms with Gasteiger partial charge in [-0.05, 0) is 50.3 Å². The minimum Gasteiger partial charge on any atom is -0.444 e. The molecule has 0 spiro atoms. The molecule has 1 aliphatic carbocycles. The average Bonchev–Trinajstić information content (AvgIpc) is 3.28. The van der Waals surface area contributed by atoms with Crippen LogP contribution in [-0.2, 0) is 17.6 Å². The molecule has 1 amide bonds. The van der Waals surface area contributed by atoms with Crippen molar-refractivity contribution in [2.75, 3.05) is 33.2 Å². The number of nitrogens with one attached hydrogen (secondary N) is 1. The second kappa shape index (κ2) is 7.87. The summed E-state index contributed by atoms with van der Waals surface area (Å²) in [4.78, 5) is 24.3. The van der Waals surface area contributed by atoms with E-state index in [0.29, 0.717) is 24.8 Å². The summed E-state index contributed by atoms with van der Waals surface area (Å²) in [7, 11) is 2.07. The Labute approximate surface area is 164 Å². The summed E-state index contributed by atoms with van der Waals surface area (Å²) in [5, 5.41) is 3.05. The molecular weight excluding hydrogens is 361 g/mol. The predicted octanol–water partition coefficient (Wildman–Crippen LogP) is 1.86. The largest absolute Gasteiger partial charge is 0.444 e. The molecule has 7 nitrogen and oxygen atoms in total. The van der Waals surface area contributed by atoms with Crippen LogP contribution in [0.3, 0.4) is 0 Å². The molecule has 0 aromatic carbocycles. The van der Waals surface area contributed by atoms with Gasteiger partial charge in [-0.1, -0.05) is 0 Å². The van der Waals surface area contributed by atoms with E-state index in [-0.39, 0.29) is 18.0 Å². The van der Waals surface area contributed by atoms with Gasteiger partial charge >= 0.3 is 6.09 Å². The van der Waals surface area contributed by atoms with Crippen molar-refractivity contribution in [3.63, 3.8) is 0 Å². The average molecular weight is 387 g/mol. The highest BCUT2D eigenvalue weighted by Gasteiger charge is 2.34. The molecule has 150 valence electrons. The highest BCUT2D eigenvalue weighted by molar-refractivity contribution is 5.73. The number of carbonyl (C=O) groups excluding carboxylic acids is 1. The van der Waals surface area contributed by atoms with Crippen LogP contribution in [0.1, 0.15) is 23.2 Å². The van der Waals surface area contributed by atoms with Gasteiger partial charge in [0.2, 0.25) is 0 Å². The zero-order valence-electron chi connectivity index (χ0n) is 16.3. The van der Waals surface area contributed by atoms with E-state index in [2.05, 4.69) is 27.2 Å². The minimum atomic E-state index is -0.343. The van der Waals surface area contributed by atoms with E-state index < -0.39 is 0 Å². The first kappa shape index (κ1) is 18.9. The Kier molecular flexibility index (Phi) is 5.30. The molecule has 0 saturated carbocycles. The summed E-state index contributed by atoms with van der Waals surface area (Å²) in [6.45, 7) is 4.84. The van der Waals surface area contributed by atoms with Crippen molar-refractivity contribution < 1.29 is 13.9 Å². The molecule has 28 heavy (non-hydrogen) atoms. The van der Waals surface area contributed by atoms with Crippen LogP contribution in [0.4, 0.5) is 9.18 Å². The molecule has 2 unspecified atom stereocenters. The smallest absolute Gasteiger partial charge is 0.415 e. The molecule has 1 N–H and O–H groups in total. The molecular formula is C20H26FN5O2. The van der Waals surface area contributed by atoms with Crippen LogP contribution in [0.15, 0.2) is 23.2 Å². The van der Waals surface area contributed by atoms with Gasteiger partial charge in [0.1, 0.15) is 11.9 Å². The molecule has 2 atom stereocenters. The molecule has 3 heterocycles. The number of hydrogen-bond donors (Lipinski definition) is 1. The van der Waals surface area contributed by atoms with Crippen LogP contribution in [0.25, 0.3) is 0 Å². The van der Waals surface area contributed by atoms with E-state index in [0.717, 1.165) is 49.2 Å². The summed E-state index contributed by atoms with van der Waals surface area (Å²) >= 11 is 0. The monoisotopic (exact) mass is 387 g/mol. The number of rotatable bonds is 6. The Balaban J connectivity index is 1.26. The number of hydrogen-bond acceptors (Lipinski definition) is 6. The fourth-order valence-electron chi connectivity index (χ4n) is 4.22. The summed E-state index contributed by atoms with van der Waals surface area (Å²) in [6, 6.07) is 0. The molecule has 0 radical (unpaired) electrons. The molecule has 8 heteroatoms. The third-order valence-electron chi connectivity index (χ3n) is 5.66. The number of halogens is 1. The van der Waals surface area contributed by atoms with Gasteiger partial charge in [0.25, 0.3) is 0 Å². The van der Waals surface area contributed by atoms with Crippen molar-refractivity contribution >= 4 is 12.3 Å². The Morgan fingerprint density at radius 2 is 2.21 bits per heavy atom. The maximum atomic E-state index is 14.0. The van der Waals surface area contributed by atoms with Gasteiger partial charge in [-0.2, -0.15) is 0 Å². The van der Waals surface area contributed by atoms with Crippen LogP contribution in [-0.4, -0.2) is 66.4 Å². The fraction of sp³-hybridized carbons (Fsp3) is 0.550. The van der Waals surface area contributed by atoms with Crippen LogP contribution in [0.5, 0.6) is 0 Å². The molecule has 0 bridgehead atoms. The fourth-order valence-corrected chi connectivity index (χ4v) is 4.22. The predicted molar refractivity (Wildman–Crippen MR) is 103 cm³/mol. The number of cyclic esters (lactones) is 1. The molecule has 1 aromatic heterocycles. The molecule has 3 aliphatic rings. The summed E-state index contributed by atoms with van der Waals surface area (Å²) in [6.07, 6.45) is 6.73. The number of aryl methyl sites for hydroxylation is 1. The molecule has 1 fully saturated rings. The van der Waals surface area contributed by atoms with Crippen LogP contribution in [0.2, 0.25) is 0 Å². The van der Waals surface area contributed by atoms with Crippen LogP contribution >= 0.6 is 0 Å². The summed E-state index contributed by atoms with van der Waals surface area (Å²) in [5.41, 5.74) is 2.85. The van der Waals surface area contributed by atoms with Crippen LogP contribution < -0.4 is 5.32 Å². The number of amides is 1. The van der Waals surface area contributed by atoms with Crippen molar-refractivity contribution in [3.05, 3.63) is 40.9 Å². The SMILES string of the molecule is Cc1ncc(F)c2c1CC(CN(C)CCC1CN(C3=CNCC=N3)C(=O)O1)C2. The van der Waals surface area contributed by atoms with E-state index in [1.807, 2.05) is 6.92 Å². The second-order valence-electron chi connectivity index (χ2n) is 7.81. The standard InChI is InChI=1S/C20H26FN5O2/c1-13-16-7-14(8-17(16)18(21)9-24-13)11-25(2)6-3-15-12-26(20(27)28-15)19-10-22-4-5-23-19/h5,9-10,14-15,22H,3-4,6-8,11-12H2,1-2H3. The van der Waals surface area contributed by atoms with Gasteiger partial charge in [0, 0.05) is 37.7 Å². The zero-order valence-corrected chi connectivity index (χ0v) is 16.3. The number of fused-ring (bicyclic) bond motifs is 1. The number of aliphatic imine (C=N–C) groups is 1. The first-order chi connectivity index (χ1) is 13.5. The Morgan fingerprint density at radius 3 is 2.96 bits per heavy atom. The van der Waals surface area contributed by atoms with Gasteiger partial charge in [-0.15, -0.1) is 0 Å². The van der Waals surface area contributed by atoms with Crippen molar-refractivity contribution in [1.82, 2.24) is 20.1 Å². The third-order valence-corrected chi connectivity index (χ3v) is 5.66. The van der Waals surface area contributed by atoms with Gasteiger partial charge in [0.15, 0.2) is 5.82 Å². The third kappa shape index (κ3) is 3.87.